The van der Waals surface area contributed by atoms with Crippen LogP contribution in [-0.4, -0.2) is 15.9 Å². The second-order valence-corrected chi connectivity index (χ2v) is 6.97. The van der Waals surface area contributed by atoms with Gasteiger partial charge in [0.1, 0.15) is 0 Å². The van der Waals surface area contributed by atoms with Crippen LogP contribution >= 0.6 is 11.3 Å². The van der Waals surface area contributed by atoms with Gasteiger partial charge in [0.2, 0.25) is 5.56 Å². The standard InChI is InChI=1S/C19H19N3O2S/c1-3-4-13-5-7-14(8-6-13)17-12(2)25-19(21-17)22-18(24)15-9-10-16(23)20-11-15/h5-11H,3-4H2,1-2H3,(H,20,23)(H,21,22,24). The van der Waals surface area contributed by atoms with Gasteiger partial charge in [0, 0.05) is 22.7 Å². The molecule has 0 atom stereocenters. The summed E-state index contributed by atoms with van der Waals surface area (Å²) in [6.45, 7) is 4.15. The molecule has 2 aromatic heterocycles. The molecule has 2 N–H and O–H groups in total. The van der Waals surface area contributed by atoms with Gasteiger partial charge >= 0.3 is 0 Å². The normalized spacial score (nSPS) is 10.6. The Bertz CT molecular complexity index is 922. The van der Waals surface area contributed by atoms with Crippen molar-refractivity contribution in [3.05, 3.63) is 69.0 Å². The van der Waals surface area contributed by atoms with Crippen LogP contribution in [0.1, 0.15) is 34.1 Å². The van der Waals surface area contributed by atoms with E-state index in [-0.39, 0.29) is 11.5 Å². The predicted octanol–water partition coefficient (Wildman–Crippen LogP) is 4.01. The van der Waals surface area contributed by atoms with Gasteiger partial charge in [-0.2, -0.15) is 0 Å². The van der Waals surface area contributed by atoms with Crippen LogP contribution in [0.15, 0.2) is 47.4 Å². The second kappa shape index (κ2) is 7.44. The number of hydrogen-bond acceptors (Lipinski definition) is 4. The highest BCUT2D eigenvalue weighted by Crippen LogP contribution is 2.30. The van der Waals surface area contributed by atoms with Crippen molar-refractivity contribution in [1.82, 2.24) is 9.97 Å². The van der Waals surface area contributed by atoms with Crippen molar-refractivity contribution in [1.29, 1.82) is 0 Å². The molecular formula is C19H19N3O2S. The summed E-state index contributed by atoms with van der Waals surface area (Å²) in [7, 11) is 0. The van der Waals surface area contributed by atoms with Gasteiger partial charge in [-0.1, -0.05) is 37.6 Å². The van der Waals surface area contributed by atoms with Crippen LogP contribution in [0.3, 0.4) is 0 Å². The minimum atomic E-state index is -0.296. The summed E-state index contributed by atoms with van der Waals surface area (Å²) in [5.41, 5.74) is 3.38. The number of hydrogen-bond donors (Lipinski definition) is 2. The van der Waals surface area contributed by atoms with Crippen molar-refractivity contribution >= 4 is 22.4 Å². The average Bonchev–Trinajstić information content (AvgIpc) is 2.96. The van der Waals surface area contributed by atoms with E-state index < -0.39 is 0 Å². The zero-order valence-corrected chi connectivity index (χ0v) is 14.9. The van der Waals surface area contributed by atoms with E-state index in [1.165, 1.54) is 35.2 Å². The summed E-state index contributed by atoms with van der Waals surface area (Å²) in [5, 5.41) is 3.33. The summed E-state index contributed by atoms with van der Waals surface area (Å²) in [6, 6.07) is 11.2. The molecule has 2 heterocycles. The number of nitrogens with one attached hydrogen (secondary N) is 2. The van der Waals surface area contributed by atoms with Crippen LogP contribution in [0.2, 0.25) is 0 Å². The maximum atomic E-state index is 12.2. The van der Waals surface area contributed by atoms with Gasteiger partial charge in [-0.15, -0.1) is 11.3 Å². The maximum absolute atomic E-state index is 12.2. The fourth-order valence-corrected chi connectivity index (χ4v) is 3.39. The number of rotatable bonds is 5. The van der Waals surface area contributed by atoms with Crippen molar-refractivity contribution < 1.29 is 4.79 Å². The molecule has 0 aliphatic rings. The number of aromatic amines is 1. The molecule has 0 saturated heterocycles. The second-order valence-electron chi connectivity index (χ2n) is 5.77. The van der Waals surface area contributed by atoms with Crippen LogP contribution in [0, 0.1) is 6.92 Å². The molecule has 128 valence electrons. The third-order valence-corrected chi connectivity index (χ3v) is 4.72. The fourth-order valence-electron chi connectivity index (χ4n) is 2.56. The third kappa shape index (κ3) is 4.03. The van der Waals surface area contributed by atoms with Crippen LogP contribution in [-0.2, 0) is 6.42 Å². The molecule has 0 unspecified atom stereocenters. The zero-order valence-electron chi connectivity index (χ0n) is 14.1. The summed E-state index contributed by atoms with van der Waals surface area (Å²) in [4.78, 5) is 31.4. The largest absolute Gasteiger partial charge is 0.328 e. The minimum absolute atomic E-state index is 0.240. The average molecular weight is 353 g/mol. The smallest absolute Gasteiger partial charge is 0.258 e. The van der Waals surface area contributed by atoms with E-state index in [2.05, 4.69) is 46.5 Å². The molecule has 0 aliphatic carbocycles. The number of carbonyl (C=O) groups is 1. The Balaban J connectivity index is 1.78. The molecule has 25 heavy (non-hydrogen) atoms. The van der Waals surface area contributed by atoms with Crippen molar-refractivity contribution in [2.75, 3.05) is 5.32 Å². The van der Waals surface area contributed by atoms with E-state index in [9.17, 15) is 9.59 Å². The topological polar surface area (TPSA) is 74.8 Å². The molecule has 0 bridgehead atoms. The monoisotopic (exact) mass is 353 g/mol. The van der Waals surface area contributed by atoms with E-state index in [4.69, 9.17) is 0 Å². The first-order chi connectivity index (χ1) is 12.1. The first-order valence-electron chi connectivity index (χ1n) is 8.13. The summed E-state index contributed by atoms with van der Waals surface area (Å²) in [6.07, 6.45) is 3.58. The number of thiazole rings is 1. The lowest BCUT2D eigenvalue weighted by Crippen LogP contribution is -2.14. The Morgan fingerprint density at radius 2 is 1.96 bits per heavy atom. The predicted molar refractivity (Wildman–Crippen MR) is 101 cm³/mol. The zero-order chi connectivity index (χ0) is 17.8. The Morgan fingerprint density at radius 3 is 2.60 bits per heavy atom. The molecule has 0 spiro atoms. The quantitative estimate of drug-likeness (QED) is 0.728. The lowest BCUT2D eigenvalue weighted by atomic mass is 10.1. The Hall–Kier alpha value is -2.73. The van der Waals surface area contributed by atoms with E-state index >= 15 is 0 Å². The highest BCUT2D eigenvalue weighted by Gasteiger charge is 2.13. The number of anilines is 1. The molecule has 6 heteroatoms. The molecule has 0 radical (unpaired) electrons. The molecular weight excluding hydrogens is 334 g/mol. The van der Waals surface area contributed by atoms with Crippen LogP contribution in [0.5, 0.6) is 0 Å². The van der Waals surface area contributed by atoms with Crippen molar-refractivity contribution in [2.24, 2.45) is 0 Å². The van der Waals surface area contributed by atoms with Crippen molar-refractivity contribution in [2.45, 2.75) is 26.7 Å². The first-order valence-corrected chi connectivity index (χ1v) is 8.95. The van der Waals surface area contributed by atoms with E-state index in [0.717, 1.165) is 29.0 Å². The number of pyridine rings is 1. The third-order valence-electron chi connectivity index (χ3n) is 3.83. The van der Waals surface area contributed by atoms with E-state index in [1.807, 2.05) is 6.92 Å². The molecule has 1 amide bonds. The van der Waals surface area contributed by atoms with Crippen molar-refractivity contribution in [3.63, 3.8) is 0 Å². The SMILES string of the molecule is CCCc1ccc(-c2nc(NC(=O)c3ccc(=O)[nH]c3)sc2C)cc1. The Kier molecular flexibility index (Phi) is 5.09. The first kappa shape index (κ1) is 17.1. The number of nitrogens with zero attached hydrogens (tertiary/aromatic N) is 1. The van der Waals surface area contributed by atoms with Gasteiger partial charge in [0.15, 0.2) is 5.13 Å². The van der Waals surface area contributed by atoms with Crippen LogP contribution in [0.4, 0.5) is 5.13 Å². The van der Waals surface area contributed by atoms with E-state index in [0.29, 0.717) is 10.7 Å². The van der Waals surface area contributed by atoms with Crippen molar-refractivity contribution in [3.8, 4) is 11.3 Å². The molecule has 0 fully saturated rings. The lowest BCUT2D eigenvalue weighted by molar-refractivity contribution is 0.102. The van der Waals surface area contributed by atoms with Crippen LogP contribution < -0.4 is 10.9 Å². The fraction of sp³-hybridized carbons (Fsp3) is 0.211. The molecule has 3 aromatic rings. The highest BCUT2D eigenvalue weighted by atomic mass is 32.1. The summed E-state index contributed by atoms with van der Waals surface area (Å²) >= 11 is 1.43. The number of aromatic nitrogens is 2. The minimum Gasteiger partial charge on any atom is -0.328 e. The lowest BCUT2D eigenvalue weighted by Gasteiger charge is -2.02. The van der Waals surface area contributed by atoms with Gasteiger partial charge in [-0.25, -0.2) is 4.98 Å². The van der Waals surface area contributed by atoms with Gasteiger partial charge < -0.3 is 4.98 Å². The van der Waals surface area contributed by atoms with Crippen LogP contribution in [0.25, 0.3) is 11.3 Å². The molecule has 0 aliphatic heterocycles. The highest BCUT2D eigenvalue weighted by molar-refractivity contribution is 7.16. The maximum Gasteiger partial charge on any atom is 0.258 e. The van der Waals surface area contributed by atoms with Gasteiger partial charge in [-0.05, 0) is 25.0 Å². The molecule has 0 saturated carbocycles. The van der Waals surface area contributed by atoms with Gasteiger partial charge in [-0.3, -0.25) is 14.9 Å². The number of amides is 1. The number of benzene rings is 1. The van der Waals surface area contributed by atoms with Gasteiger partial charge in [0.25, 0.3) is 5.91 Å². The summed E-state index contributed by atoms with van der Waals surface area (Å²) in [5.74, 6) is -0.296. The van der Waals surface area contributed by atoms with Gasteiger partial charge in [0.05, 0.1) is 11.3 Å². The van der Waals surface area contributed by atoms with E-state index in [1.54, 1.807) is 0 Å². The Morgan fingerprint density at radius 1 is 1.20 bits per heavy atom. The Labute approximate surface area is 149 Å². The molecule has 1 aromatic carbocycles. The number of aryl methyl sites for hydroxylation is 2. The molecule has 5 nitrogen and oxygen atoms in total. The molecule has 3 rings (SSSR count). The number of carbonyl (C=O) groups excluding carboxylic acids is 1. The summed E-state index contributed by atoms with van der Waals surface area (Å²) < 4.78 is 0. The number of H-pyrrole nitrogens is 1.